The zero-order chi connectivity index (χ0) is 13.8. The van der Waals surface area contributed by atoms with Gasteiger partial charge in [-0.25, -0.2) is 9.78 Å². The summed E-state index contributed by atoms with van der Waals surface area (Å²) in [6.07, 6.45) is 3.04. The predicted molar refractivity (Wildman–Crippen MR) is 73.4 cm³/mol. The Balaban J connectivity index is 2.28. The van der Waals surface area contributed by atoms with Crippen LogP contribution in [0.2, 0.25) is 0 Å². The van der Waals surface area contributed by atoms with Gasteiger partial charge in [-0.05, 0) is 31.0 Å². The summed E-state index contributed by atoms with van der Waals surface area (Å²) < 4.78 is 4.63. The fourth-order valence-electron chi connectivity index (χ4n) is 1.53. The van der Waals surface area contributed by atoms with Crippen molar-refractivity contribution in [2.75, 3.05) is 7.11 Å². The highest BCUT2D eigenvalue weighted by Gasteiger charge is 2.10. The molecule has 0 aliphatic heterocycles. The van der Waals surface area contributed by atoms with Crippen LogP contribution in [0.1, 0.15) is 21.6 Å². The van der Waals surface area contributed by atoms with Crippen molar-refractivity contribution in [3.05, 3.63) is 47.4 Å². The summed E-state index contributed by atoms with van der Waals surface area (Å²) in [5.41, 5.74) is 2.57. The van der Waals surface area contributed by atoms with Crippen molar-refractivity contribution in [3.63, 3.8) is 0 Å². The molecule has 0 amide bonds. The number of methoxy groups -OCH3 is 1. The zero-order valence-electron chi connectivity index (χ0n) is 11.0. The van der Waals surface area contributed by atoms with Gasteiger partial charge in [0.05, 0.1) is 19.5 Å². The van der Waals surface area contributed by atoms with E-state index in [-0.39, 0.29) is 5.69 Å². The van der Waals surface area contributed by atoms with Crippen LogP contribution in [0, 0.1) is 13.8 Å². The molecule has 4 nitrogen and oxygen atoms in total. The molecular weight excluding hydrogens is 260 g/mol. The summed E-state index contributed by atoms with van der Waals surface area (Å²) in [6, 6.07) is 6.22. The molecule has 0 aliphatic carbocycles. The minimum Gasteiger partial charge on any atom is -0.464 e. The lowest BCUT2D eigenvalue weighted by Gasteiger charge is -2.06. The third kappa shape index (κ3) is 3.32. The summed E-state index contributed by atoms with van der Waals surface area (Å²) in [5, 5.41) is 0.677. The second kappa shape index (κ2) is 5.84. The largest absolute Gasteiger partial charge is 0.464 e. The maximum absolute atomic E-state index is 11.4. The first-order valence-corrected chi connectivity index (χ1v) is 6.57. The molecule has 1 aromatic heterocycles. The van der Waals surface area contributed by atoms with E-state index < -0.39 is 5.97 Å². The maximum Gasteiger partial charge on any atom is 0.358 e. The van der Waals surface area contributed by atoms with E-state index in [4.69, 9.17) is 0 Å². The van der Waals surface area contributed by atoms with E-state index in [0.29, 0.717) is 5.03 Å². The van der Waals surface area contributed by atoms with E-state index >= 15 is 0 Å². The van der Waals surface area contributed by atoms with Gasteiger partial charge in [0, 0.05) is 4.90 Å². The number of nitrogens with zero attached hydrogens (tertiary/aromatic N) is 2. The van der Waals surface area contributed by atoms with Crippen molar-refractivity contribution >= 4 is 17.7 Å². The SMILES string of the molecule is COC(=O)c1cncc(Sc2cc(C)ccc2C)n1. The van der Waals surface area contributed by atoms with Crippen molar-refractivity contribution in [1.82, 2.24) is 9.97 Å². The number of rotatable bonds is 3. The number of carbonyl (C=O) groups excluding carboxylic acids is 1. The summed E-state index contributed by atoms with van der Waals surface area (Å²) in [4.78, 5) is 20.8. The number of aryl methyl sites for hydroxylation is 2. The minimum atomic E-state index is -0.476. The molecule has 1 aromatic carbocycles. The van der Waals surface area contributed by atoms with Gasteiger partial charge in [-0.2, -0.15) is 0 Å². The topological polar surface area (TPSA) is 52.1 Å². The second-order valence-electron chi connectivity index (χ2n) is 4.11. The molecule has 0 radical (unpaired) electrons. The van der Waals surface area contributed by atoms with E-state index in [1.807, 2.05) is 13.8 Å². The van der Waals surface area contributed by atoms with E-state index in [0.717, 1.165) is 4.90 Å². The normalized spacial score (nSPS) is 10.3. The van der Waals surface area contributed by atoms with E-state index in [2.05, 4.69) is 32.9 Å². The second-order valence-corrected chi connectivity index (χ2v) is 5.17. The summed E-state index contributed by atoms with van der Waals surface area (Å²) in [7, 11) is 1.33. The number of hydrogen-bond acceptors (Lipinski definition) is 5. The highest BCUT2D eigenvalue weighted by Crippen LogP contribution is 2.29. The lowest BCUT2D eigenvalue weighted by Crippen LogP contribution is -2.05. The smallest absolute Gasteiger partial charge is 0.358 e. The molecule has 0 unspecified atom stereocenters. The van der Waals surface area contributed by atoms with Gasteiger partial charge in [0.2, 0.25) is 0 Å². The van der Waals surface area contributed by atoms with Crippen LogP contribution in [0.5, 0.6) is 0 Å². The van der Waals surface area contributed by atoms with E-state index in [1.165, 1.54) is 36.2 Å². The van der Waals surface area contributed by atoms with Gasteiger partial charge in [0.1, 0.15) is 5.03 Å². The molecule has 0 saturated carbocycles. The molecule has 19 heavy (non-hydrogen) atoms. The Morgan fingerprint density at radius 2 is 2.05 bits per heavy atom. The summed E-state index contributed by atoms with van der Waals surface area (Å²) >= 11 is 1.49. The van der Waals surface area contributed by atoms with Crippen molar-refractivity contribution in [1.29, 1.82) is 0 Å². The average molecular weight is 274 g/mol. The first-order chi connectivity index (χ1) is 9.10. The van der Waals surface area contributed by atoms with Crippen LogP contribution in [0.3, 0.4) is 0 Å². The molecule has 0 N–H and O–H groups in total. The number of ether oxygens (including phenoxy) is 1. The van der Waals surface area contributed by atoms with Gasteiger partial charge in [-0.15, -0.1) is 0 Å². The summed E-state index contributed by atoms with van der Waals surface area (Å²) in [6.45, 7) is 4.08. The fourth-order valence-corrected chi connectivity index (χ4v) is 2.49. The number of carbonyl (C=O) groups is 1. The minimum absolute atomic E-state index is 0.220. The molecule has 0 aliphatic rings. The predicted octanol–water partition coefficient (Wildman–Crippen LogP) is 3.03. The monoisotopic (exact) mass is 274 g/mol. The van der Waals surface area contributed by atoms with Gasteiger partial charge in [0.25, 0.3) is 0 Å². The molecule has 0 bridgehead atoms. The Labute approximate surface area is 116 Å². The maximum atomic E-state index is 11.4. The first kappa shape index (κ1) is 13.5. The number of hydrogen-bond donors (Lipinski definition) is 0. The Morgan fingerprint density at radius 3 is 2.79 bits per heavy atom. The number of aromatic nitrogens is 2. The Hall–Kier alpha value is -1.88. The fraction of sp³-hybridized carbons (Fsp3) is 0.214. The third-order valence-electron chi connectivity index (χ3n) is 2.57. The van der Waals surface area contributed by atoms with Gasteiger partial charge in [-0.3, -0.25) is 4.98 Å². The standard InChI is InChI=1S/C14H14N2O2S/c1-9-4-5-10(2)12(6-9)19-13-8-15-7-11(16-13)14(17)18-3/h4-8H,1-3H3. The van der Waals surface area contributed by atoms with E-state index in [9.17, 15) is 4.79 Å². The van der Waals surface area contributed by atoms with Crippen LogP contribution in [0.15, 0.2) is 40.5 Å². The molecule has 98 valence electrons. The zero-order valence-corrected chi connectivity index (χ0v) is 11.8. The molecule has 0 spiro atoms. The van der Waals surface area contributed by atoms with Crippen LogP contribution in [-0.2, 0) is 4.74 Å². The Kier molecular flexibility index (Phi) is 4.16. The summed E-state index contributed by atoms with van der Waals surface area (Å²) in [5.74, 6) is -0.476. The Bertz CT molecular complexity index is 614. The molecule has 0 atom stereocenters. The molecule has 5 heteroatoms. The lowest BCUT2D eigenvalue weighted by molar-refractivity contribution is 0.0592. The molecular formula is C14H14N2O2S. The molecule has 2 rings (SSSR count). The van der Waals surface area contributed by atoms with Crippen molar-refractivity contribution in [2.24, 2.45) is 0 Å². The van der Waals surface area contributed by atoms with Gasteiger partial charge in [0.15, 0.2) is 5.69 Å². The number of esters is 1. The van der Waals surface area contributed by atoms with Crippen molar-refractivity contribution < 1.29 is 9.53 Å². The van der Waals surface area contributed by atoms with Gasteiger partial charge in [-0.1, -0.05) is 23.9 Å². The molecule has 0 fully saturated rings. The number of benzene rings is 1. The van der Waals surface area contributed by atoms with Crippen LogP contribution in [0.4, 0.5) is 0 Å². The van der Waals surface area contributed by atoms with Crippen molar-refractivity contribution in [3.8, 4) is 0 Å². The van der Waals surface area contributed by atoms with Crippen LogP contribution >= 0.6 is 11.8 Å². The highest BCUT2D eigenvalue weighted by atomic mass is 32.2. The van der Waals surface area contributed by atoms with Crippen molar-refractivity contribution in [2.45, 2.75) is 23.8 Å². The van der Waals surface area contributed by atoms with E-state index in [1.54, 1.807) is 6.20 Å². The molecule has 0 saturated heterocycles. The molecule has 1 heterocycles. The average Bonchev–Trinajstić information content (AvgIpc) is 2.42. The van der Waals surface area contributed by atoms with Gasteiger partial charge < -0.3 is 4.74 Å². The van der Waals surface area contributed by atoms with Gasteiger partial charge >= 0.3 is 5.97 Å². The Morgan fingerprint density at radius 1 is 1.26 bits per heavy atom. The first-order valence-electron chi connectivity index (χ1n) is 5.75. The van der Waals surface area contributed by atoms with Crippen LogP contribution < -0.4 is 0 Å². The van der Waals surface area contributed by atoms with Crippen LogP contribution in [0.25, 0.3) is 0 Å². The van der Waals surface area contributed by atoms with Crippen LogP contribution in [-0.4, -0.2) is 23.0 Å². The highest BCUT2D eigenvalue weighted by molar-refractivity contribution is 7.99. The molecule has 2 aromatic rings. The third-order valence-corrected chi connectivity index (χ3v) is 3.63. The quantitative estimate of drug-likeness (QED) is 0.805. The lowest BCUT2D eigenvalue weighted by atomic mass is 10.2.